The van der Waals surface area contributed by atoms with Gasteiger partial charge >= 0.3 is 6.18 Å². The number of allylic oxidation sites excluding steroid dienone is 1. The summed E-state index contributed by atoms with van der Waals surface area (Å²) in [5.74, 6) is 0.0583. The quantitative estimate of drug-likeness (QED) is 0.363. The van der Waals surface area contributed by atoms with E-state index >= 15 is 0 Å². The van der Waals surface area contributed by atoms with E-state index in [4.69, 9.17) is 21.3 Å². The van der Waals surface area contributed by atoms with Gasteiger partial charge in [0.15, 0.2) is 5.82 Å². The number of hydrogen-bond acceptors (Lipinski definition) is 6. The second kappa shape index (κ2) is 11.9. The number of ether oxygens (including phenoxy) is 1. The Hall–Kier alpha value is -3.48. The average molecular weight is 619 g/mol. The Bertz CT molecular complexity index is 1690. The number of carbonyl (C=O) groups excluding carboxylic acids is 1. The molecular weight excluding hydrogens is 585 g/mol. The van der Waals surface area contributed by atoms with Crippen LogP contribution in [0.1, 0.15) is 69.1 Å². The van der Waals surface area contributed by atoms with Gasteiger partial charge in [-0.3, -0.25) is 9.59 Å². The summed E-state index contributed by atoms with van der Waals surface area (Å²) in [6, 6.07) is 2.74. The van der Waals surface area contributed by atoms with Gasteiger partial charge in [-0.1, -0.05) is 30.2 Å². The van der Waals surface area contributed by atoms with E-state index < -0.39 is 17.6 Å². The molecule has 1 saturated heterocycles. The standard InChI is InChI=1S/C30H34ClF3N6O3/c1-5-24-21(12-17-14-29(2,3)35-15-17)27(42)40-28(37-26(38-40)18-6-9-20(43-4)10-7-18)39(24)16-25(41)36-23-11-8-19(13-22(23)31)30(32,33)34/h6,8,11-13,20,35H,5,7,9-10,14-16H2,1-4H3,(H,36,41)/b17-12+. The van der Waals surface area contributed by atoms with E-state index in [0.717, 1.165) is 42.2 Å². The molecule has 1 aliphatic carbocycles. The largest absolute Gasteiger partial charge is 0.416 e. The molecule has 1 aromatic carbocycles. The van der Waals surface area contributed by atoms with Crippen molar-refractivity contribution in [2.45, 2.75) is 77.2 Å². The van der Waals surface area contributed by atoms with E-state index in [1.807, 2.05) is 19.1 Å². The Morgan fingerprint density at radius 3 is 2.67 bits per heavy atom. The summed E-state index contributed by atoms with van der Waals surface area (Å²) in [6.45, 7) is 6.41. The molecule has 3 aromatic rings. The number of alkyl halides is 3. The maximum atomic E-state index is 13.9. The maximum absolute atomic E-state index is 13.9. The first-order valence-corrected chi connectivity index (χ1v) is 14.5. The van der Waals surface area contributed by atoms with Crippen LogP contribution >= 0.6 is 11.6 Å². The highest BCUT2D eigenvalue weighted by molar-refractivity contribution is 6.33. The van der Waals surface area contributed by atoms with Crippen LogP contribution in [0.3, 0.4) is 0 Å². The monoisotopic (exact) mass is 618 g/mol. The van der Waals surface area contributed by atoms with Crippen LogP contribution in [0, 0.1) is 0 Å². The molecular formula is C30H34ClF3N6O3. The SMILES string of the molecule is CCc1c(/C=C2/CNC(C)(C)C2)c(=O)n2nc(C3=CCC(OC)CC3)nc2n1CC(=O)Nc1ccc(C(F)(F)F)cc1Cl. The number of fused-ring (bicyclic) bond motifs is 1. The number of rotatable bonds is 7. The topological polar surface area (TPSA) is 103 Å². The minimum absolute atomic E-state index is 0.0404. The molecule has 1 unspecified atom stereocenters. The van der Waals surface area contributed by atoms with E-state index in [9.17, 15) is 22.8 Å². The summed E-state index contributed by atoms with van der Waals surface area (Å²) >= 11 is 6.09. The lowest BCUT2D eigenvalue weighted by Crippen LogP contribution is -2.31. The van der Waals surface area contributed by atoms with Crippen LogP contribution in [0.4, 0.5) is 18.9 Å². The first-order valence-electron chi connectivity index (χ1n) is 14.2. The highest BCUT2D eigenvalue weighted by Gasteiger charge is 2.31. The van der Waals surface area contributed by atoms with Crippen molar-refractivity contribution in [3.05, 3.63) is 67.9 Å². The highest BCUT2D eigenvalue weighted by atomic mass is 35.5. The fraction of sp³-hybridized carbons (Fsp3) is 0.467. The summed E-state index contributed by atoms with van der Waals surface area (Å²) in [4.78, 5) is 31.9. The number of anilines is 1. The van der Waals surface area contributed by atoms with Crippen LogP contribution in [0.2, 0.25) is 5.02 Å². The first kappa shape index (κ1) is 31.0. The van der Waals surface area contributed by atoms with Gasteiger partial charge < -0.3 is 19.9 Å². The molecule has 1 fully saturated rings. The Morgan fingerprint density at radius 2 is 2.09 bits per heavy atom. The van der Waals surface area contributed by atoms with E-state index in [1.54, 1.807) is 11.7 Å². The number of nitrogens with one attached hydrogen (secondary N) is 2. The van der Waals surface area contributed by atoms with Crippen LogP contribution in [0.15, 0.2) is 34.6 Å². The summed E-state index contributed by atoms with van der Waals surface area (Å²) in [5.41, 5.74) is 1.62. The number of hydrogen-bond donors (Lipinski definition) is 2. The number of carbonyl (C=O) groups is 1. The molecule has 0 radical (unpaired) electrons. The summed E-state index contributed by atoms with van der Waals surface area (Å²) in [7, 11) is 1.67. The molecule has 1 aliphatic heterocycles. The number of halogens is 4. The van der Waals surface area contributed by atoms with Gasteiger partial charge in [-0.25, -0.2) is 0 Å². The smallest absolute Gasteiger partial charge is 0.381 e. The Balaban J connectivity index is 1.58. The molecule has 0 bridgehead atoms. The molecule has 5 rings (SSSR count). The fourth-order valence-corrected chi connectivity index (χ4v) is 5.88. The van der Waals surface area contributed by atoms with Gasteiger partial charge in [0, 0.05) is 24.9 Å². The van der Waals surface area contributed by atoms with Gasteiger partial charge in [0.25, 0.3) is 5.56 Å². The van der Waals surface area contributed by atoms with Gasteiger partial charge in [-0.05, 0) is 75.8 Å². The van der Waals surface area contributed by atoms with Crippen LogP contribution in [-0.4, -0.2) is 50.4 Å². The lowest BCUT2D eigenvalue weighted by atomic mass is 9.97. The van der Waals surface area contributed by atoms with Crippen molar-refractivity contribution < 1.29 is 22.7 Å². The number of aromatic nitrogens is 4. The number of amides is 1. The molecule has 9 nitrogen and oxygen atoms in total. The van der Waals surface area contributed by atoms with E-state index in [2.05, 4.69) is 29.6 Å². The first-order chi connectivity index (χ1) is 20.3. The zero-order valence-electron chi connectivity index (χ0n) is 24.4. The second-order valence-electron chi connectivity index (χ2n) is 11.6. The van der Waals surface area contributed by atoms with Crippen LogP contribution in [-0.2, 0) is 28.7 Å². The molecule has 2 aromatic heterocycles. The van der Waals surface area contributed by atoms with Crippen LogP contribution in [0.5, 0.6) is 0 Å². The van der Waals surface area contributed by atoms with Gasteiger partial charge in [0.2, 0.25) is 11.7 Å². The second-order valence-corrected chi connectivity index (χ2v) is 12.0. The maximum Gasteiger partial charge on any atom is 0.416 e. The summed E-state index contributed by atoms with van der Waals surface area (Å²) in [5, 5.41) is 10.4. The van der Waals surface area contributed by atoms with E-state index in [-0.39, 0.29) is 40.2 Å². The minimum atomic E-state index is -4.57. The molecule has 0 saturated carbocycles. The van der Waals surface area contributed by atoms with Gasteiger partial charge in [-0.15, -0.1) is 5.10 Å². The summed E-state index contributed by atoms with van der Waals surface area (Å²) in [6.07, 6.45) is 2.74. The van der Waals surface area contributed by atoms with E-state index in [0.29, 0.717) is 42.9 Å². The van der Waals surface area contributed by atoms with Crippen molar-refractivity contribution in [1.82, 2.24) is 24.5 Å². The Morgan fingerprint density at radius 1 is 1.33 bits per heavy atom. The fourth-order valence-electron chi connectivity index (χ4n) is 5.65. The zero-order chi connectivity index (χ0) is 31.1. The molecule has 2 N–H and O–H groups in total. The Kier molecular flexibility index (Phi) is 8.56. The molecule has 230 valence electrons. The molecule has 43 heavy (non-hydrogen) atoms. The Labute approximate surface area is 251 Å². The van der Waals surface area contributed by atoms with Crippen LogP contribution in [0.25, 0.3) is 17.4 Å². The molecule has 1 amide bonds. The lowest BCUT2D eigenvalue weighted by Gasteiger charge is -2.18. The predicted octanol–water partition coefficient (Wildman–Crippen LogP) is 5.50. The van der Waals surface area contributed by atoms with Crippen molar-refractivity contribution >= 4 is 40.6 Å². The number of benzene rings is 1. The highest BCUT2D eigenvalue weighted by Crippen LogP contribution is 2.34. The van der Waals surface area contributed by atoms with Gasteiger partial charge in [0.1, 0.15) is 6.54 Å². The summed E-state index contributed by atoms with van der Waals surface area (Å²) < 4.78 is 47.6. The number of methoxy groups -OCH3 is 1. The van der Waals surface area contributed by atoms with Crippen LogP contribution < -0.4 is 16.2 Å². The third kappa shape index (κ3) is 6.56. The zero-order valence-corrected chi connectivity index (χ0v) is 25.2. The molecule has 2 aliphatic rings. The number of nitrogens with zero attached hydrogens (tertiary/aromatic N) is 4. The average Bonchev–Trinajstić information content (AvgIpc) is 3.55. The van der Waals surface area contributed by atoms with Crippen molar-refractivity contribution in [3.8, 4) is 0 Å². The molecule has 0 spiro atoms. The van der Waals surface area contributed by atoms with Crippen molar-refractivity contribution in [2.75, 3.05) is 19.0 Å². The van der Waals surface area contributed by atoms with Gasteiger partial charge in [-0.2, -0.15) is 22.7 Å². The lowest BCUT2D eigenvalue weighted by molar-refractivity contribution is -0.137. The third-order valence-corrected chi connectivity index (χ3v) is 8.21. The van der Waals surface area contributed by atoms with Crippen molar-refractivity contribution in [1.29, 1.82) is 0 Å². The van der Waals surface area contributed by atoms with E-state index in [1.165, 1.54) is 4.52 Å². The minimum Gasteiger partial charge on any atom is -0.381 e. The predicted molar refractivity (Wildman–Crippen MR) is 159 cm³/mol. The van der Waals surface area contributed by atoms with Crippen molar-refractivity contribution in [3.63, 3.8) is 0 Å². The van der Waals surface area contributed by atoms with Crippen molar-refractivity contribution in [2.24, 2.45) is 0 Å². The van der Waals surface area contributed by atoms with Gasteiger partial charge in [0.05, 0.1) is 27.9 Å². The molecule has 13 heteroatoms. The third-order valence-electron chi connectivity index (χ3n) is 7.89. The molecule has 3 heterocycles. The normalized spacial score (nSPS) is 19.7. The molecule has 1 atom stereocenters.